The molecule has 5 nitrogen and oxygen atoms in total. The molecule has 1 saturated heterocycles. The molecule has 6 heteroatoms. The van der Waals surface area contributed by atoms with Crippen molar-refractivity contribution in [3.63, 3.8) is 0 Å². The third kappa shape index (κ3) is 4.12. The molecular weight excluding hydrogens is 368 g/mol. The van der Waals surface area contributed by atoms with Gasteiger partial charge >= 0.3 is 0 Å². The summed E-state index contributed by atoms with van der Waals surface area (Å²) < 4.78 is 0.960. The number of hydrogen-bond donors (Lipinski definition) is 1. The fourth-order valence-corrected chi connectivity index (χ4v) is 3.40. The van der Waals surface area contributed by atoms with E-state index in [0.717, 1.165) is 53.4 Å². The molecule has 0 bridgehead atoms. The first-order valence-electron chi connectivity index (χ1n) is 8.15. The van der Waals surface area contributed by atoms with Crippen molar-refractivity contribution < 1.29 is 4.79 Å². The van der Waals surface area contributed by atoms with Gasteiger partial charge in [0.1, 0.15) is 0 Å². The van der Waals surface area contributed by atoms with Gasteiger partial charge in [-0.2, -0.15) is 0 Å². The van der Waals surface area contributed by atoms with Crippen molar-refractivity contribution in [1.82, 2.24) is 9.97 Å². The second-order valence-electron chi connectivity index (χ2n) is 6.21. The maximum absolute atomic E-state index is 12.5. The third-order valence-corrected chi connectivity index (χ3v) is 4.70. The van der Waals surface area contributed by atoms with Crippen molar-refractivity contribution in [2.24, 2.45) is 5.92 Å². The van der Waals surface area contributed by atoms with Gasteiger partial charge in [0.05, 0.1) is 0 Å². The van der Waals surface area contributed by atoms with Gasteiger partial charge in [0.2, 0.25) is 11.9 Å². The summed E-state index contributed by atoms with van der Waals surface area (Å²) in [7, 11) is 0. The number of aryl methyl sites for hydroxylation is 2. The molecule has 1 aromatic carbocycles. The Morgan fingerprint density at radius 2 is 1.83 bits per heavy atom. The Hall–Kier alpha value is -1.95. The number of benzene rings is 1. The normalized spacial score (nSPS) is 15.4. The molecule has 24 heavy (non-hydrogen) atoms. The maximum Gasteiger partial charge on any atom is 0.227 e. The van der Waals surface area contributed by atoms with Crippen LogP contribution in [0.2, 0.25) is 0 Å². The van der Waals surface area contributed by atoms with Crippen molar-refractivity contribution in [2.45, 2.75) is 26.7 Å². The molecule has 3 rings (SSSR count). The Morgan fingerprint density at radius 1 is 1.17 bits per heavy atom. The quantitative estimate of drug-likeness (QED) is 0.870. The molecule has 0 unspecified atom stereocenters. The number of hydrogen-bond acceptors (Lipinski definition) is 4. The molecule has 0 spiro atoms. The fourth-order valence-electron chi connectivity index (χ4n) is 3.00. The zero-order valence-electron chi connectivity index (χ0n) is 13.9. The molecule has 2 heterocycles. The monoisotopic (exact) mass is 388 g/mol. The van der Waals surface area contributed by atoms with Crippen LogP contribution in [0.1, 0.15) is 24.2 Å². The van der Waals surface area contributed by atoms with Gasteiger partial charge in [-0.1, -0.05) is 22.0 Å². The molecule has 0 saturated carbocycles. The van der Waals surface area contributed by atoms with Crippen molar-refractivity contribution in [3.8, 4) is 0 Å². The lowest BCUT2D eigenvalue weighted by molar-refractivity contribution is -0.120. The van der Waals surface area contributed by atoms with E-state index in [2.05, 4.69) is 36.1 Å². The van der Waals surface area contributed by atoms with Crippen LogP contribution in [0, 0.1) is 19.8 Å². The number of rotatable bonds is 3. The van der Waals surface area contributed by atoms with Gasteiger partial charge in [0.25, 0.3) is 0 Å². The molecule has 2 aromatic rings. The van der Waals surface area contributed by atoms with Crippen LogP contribution in [0.25, 0.3) is 0 Å². The predicted molar refractivity (Wildman–Crippen MR) is 99.2 cm³/mol. The summed E-state index contributed by atoms with van der Waals surface area (Å²) in [4.78, 5) is 23.7. The summed E-state index contributed by atoms with van der Waals surface area (Å²) in [5.41, 5.74) is 2.79. The van der Waals surface area contributed by atoms with Crippen molar-refractivity contribution in [2.75, 3.05) is 23.3 Å². The lowest BCUT2D eigenvalue weighted by Crippen LogP contribution is -2.39. The summed E-state index contributed by atoms with van der Waals surface area (Å²) in [6.07, 6.45) is 1.63. The van der Waals surface area contributed by atoms with E-state index in [1.807, 2.05) is 44.2 Å². The van der Waals surface area contributed by atoms with Crippen molar-refractivity contribution in [3.05, 3.63) is 46.2 Å². The third-order valence-electron chi connectivity index (χ3n) is 4.21. The van der Waals surface area contributed by atoms with E-state index in [1.54, 1.807) is 0 Å². The Morgan fingerprint density at radius 3 is 2.46 bits per heavy atom. The summed E-state index contributed by atoms with van der Waals surface area (Å²) in [5, 5.41) is 3.01. The van der Waals surface area contributed by atoms with Crippen LogP contribution in [0.3, 0.4) is 0 Å². The first-order chi connectivity index (χ1) is 11.5. The highest BCUT2D eigenvalue weighted by molar-refractivity contribution is 9.10. The maximum atomic E-state index is 12.5. The molecule has 126 valence electrons. The number of nitrogens with one attached hydrogen (secondary N) is 1. The first kappa shape index (κ1) is 16.9. The Bertz CT molecular complexity index is 721. The van der Waals surface area contributed by atoms with E-state index >= 15 is 0 Å². The van der Waals surface area contributed by atoms with Crippen LogP contribution >= 0.6 is 15.9 Å². The van der Waals surface area contributed by atoms with Crippen LogP contribution in [-0.2, 0) is 4.79 Å². The number of carbonyl (C=O) groups is 1. The average Bonchev–Trinajstić information content (AvgIpc) is 2.54. The molecule has 1 fully saturated rings. The standard InChI is InChI=1S/C18H21BrN4O/c1-12-10-13(2)21-18(20-12)23-8-6-14(7-9-23)17(24)22-16-5-3-4-15(19)11-16/h3-5,10-11,14H,6-9H2,1-2H3,(H,22,24). The van der Waals surface area contributed by atoms with Gasteiger partial charge in [-0.3, -0.25) is 4.79 Å². The van der Waals surface area contributed by atoms with E-state index < -0.39 is 0 Å². The highest BCUT2D eigenvalue weighted by Crippen LogP contribution is 2.23. The van der Waals surface area contributed by atoms with Crippen LogP contribution in [0.5, 0.6) is 0 Å². The molecule has 1 aliphatic heterocycles. The Balaban J connectivity index is 1.59. The number of anilines is 2. The van der Waals surface area contributed by atoms with Gasteiger partial charge in [-0.15, -0.1) is 0 Å². The zero-order valence-corrected chi connectivity index (χ0v) is 15.5. The predicted octanol–water partition coefficient (Wildman–Crippen LogP) is 3.71. The van der Waals surface area contributed by atoms with Gasteiger partial charge < -0.3 is 10.2 Å². The molecule has 0 atom stereocenters. The molecule has 0 aliphatic carbocycles. The molecular formula is C18H21BrN4O. The molecule has 1 aliphatic rings. The Kier molecular flexibility index (Phi) is 5.14. The topological polar surface area (TPSA) is 58.1 Å². The summed E-state index contributed by atoms with van der Waals surface area (Å²) in [6, 6.07) is 9.65. The van der Waals surface area contributed by atoms with Crippen molar-refractivity contribution in [1.29, 1.82) is 0 Å². The molecule has 1 amide bonds. The van der Waals surface area contributed by atoms with Crippen molar-refractivity contribution >= 4 is 33.5 Å². The summed E-state index contributed by atoms with van der Waals surface area (Å²) >= 11 is 3.42. The highest BCUT2D eigenvalue weighted by Gasteiger charge is 2.26. The van der Waals surface area contributed by atoms with Gasteiger partial charge in [-0.05, 0) is 51.0 Å². The van der Waals surface area contributed by atoms with E-state index in [-0.39, 0.29) is 11.8 Å². The zero-order chi connectivity index (χ0) is 17.1. The minimum atomic E-state index is 0.0335. The second kappa shape index (κ2) is 7.30. The summed E-state index contributed by atoms with van der Waals surface area (Å²) in [5.74, 6) is 0.901. The number of halogens is 1. The number of piperidine rings is 1. The van der Waals surface area contributed by atoms with Crippen LogP contribution < -0.4 is 10.2 Å². The number of amides is 1. The average molecular weight is 389 g/mol. The number of carbonyl (C=O) groups excluding carboxylic acids is 1. The number of aromatic nitrogens is 2. The van der Waals surface area contributed by atoms with Crippen LogP contribution in [-0.4, -0.2) is 29.0 Å². The molecule has 1 N–H and O–H groups in total. The van der Waals surface area contributed by atoms with Crippen LogP contribution in [0.15, 0.2) is 34.8 Å². The lowest BCUT2D eigenvalue weighted by Gasteiger charge is -2.31. The van der Waals surface area contributed by atoms with E-state index in [9.17, 15) is 4.79 Å². The smallest absolute Gasteiger partial charge is 0.227 e. The fraction of sp³-hybridized carbons (Fsp3) is 0.389. The lowest BCUT2D eigenvalue weighted by atomic mass is 9.96. The van der Waals surface area contributed by atoms with E-state index in [1.165, 1.54) is 0 Å². The van der Waals surface area contributed by atoms with Gasteiger partial charge in [0.15, 0.2) is 0 Å². The second-order valence-corrected chi connectivity index (χ2v) is 7.13. The van der Waals surface area contributed by atoms with Crippen LogP contribution in [0.4, 0.5) is 11.6 Å². The van der Waals surface area contributed by atoms with Gasteiger partial charge in [0, 0.05) is 40.6 Å². The highest BCUT2D eigenvalue weighted by atomic mass is 79.9. The summed E-state index contributed by atoms with van der Waals surface area (Å²) in [6.45, 7) is 5.58. The molecule has 1 aromatic heterocycles. The number of nitrogens with zero attached hydrogens (tertiary/aromatic N) is 3. The largest absolute Gasteiger partial charge is 0.341 e. The minimum Gasteiger partial charge on any atom is -0.341 e. The molecule has 0 radical (unpaired) electrons. The first-order valence-corrected chi connectivity index (χ1v) is 8.94. The Labute approximate surface area is 150 Å². The van der Waals surface area contributed by atoms with E-state index in [0.29, 0.717) is 0 Å². The van der Waals surface area contributed by atoms with E-state index in [4.69, 9.17) is 0 Å². The minimum absolute atomic E-state index is 0.0335. The SMILES string of the molecule is Cc1cc(C)nc(N2CCC(C(=O)Nc3cccc(Br)c3)CC2)n1. The van der Waals surface area contributed by atoms with Gasteiger partial charge in [-0.25, -0.2) is 9.97 Å².